The molecule has 3 atom stereocenters. The number of esters is 1. The minimum absolute atomic E-state index is 0.111. The van der Waals surface area contributed by atoms with Gasteiger partial charge in [-0.05, 0) is 52.5 Å². The number of ether oxygens (including phenoxy) is 2. The second kappa shape index (κ2) is 10.8. The number of hydrogen-bond donors (Lipinski definition) is 2. The number of allylic oxidation sites excluding steroid dienone is 4. The van der Waals surface area contributed by atoms with Crippen molar-refractivity contribution in [2.45, 2.75) is 77.6 Å². The molecule has 1 unspecified atom stereocenters. The lowest BCUT2D eigenvalue weighted by Crippen LogP contribution is -2.40. The predicted octanol–water partition coefficient (Wildman–Crippen LogP) is 3.34. The molecule has 1 fully saturated rings. The number of fused-ring (bicyclic) bond motifs is 1. The highest BCUT2D eigenvalue weighted by Gasteiger charge is 2.67. The Morgan fingerprint density at radius 3 is 2.23 bits per heavy atom. The zero-order valence-electron chi connectivity index (χ0n) is 18.4. The van der Waals surface area contributed by atoms with Crippen molar-refractivity contribution in [3.05, 3.63) is 46.6 Å². The van der Waals surface area contributed by atoms with Crippen LogP contribution in [0.3, 0.4) is 0 Å². The Morgan fingerprint density at radius 1 is 1.07 bits per heavy atom. The fourth-order valence-corrected chi connectivity index (χ4v) is 3.67. The van der Waals surface area contributed by atoms with Gasteiger partial charge in [-0.25, -0.2) is 0 Å². The van der Waals surface area contributed by atoms with E-state index in [2.05, 4.69) is 19.1 Å². The summed E-state index contributed by atoms with van der Waals surface area (Å²) in [6.07, 6.45) is 10.6. The smallest absolute Gasteiger partial charge is 0.303 e. The van der Waals surface area contributed by atoms with Gasteiger partial charge in [0.25, 0.3) is 0 Å². The van der Waals surface area contributed by atoms with Crippen molar-refractivity contribution >= 4 is 11.8 Å². The van der Waals surface area contributed by atoms with Crippen molar-refractivity contribution in [3.63, 3.8) is 0 Å². The number of rotatable bonds is 11. The van der Waals surface area contributed by atoms with Crippen LogP contribution in [0.25, 0.3) is 0 Å². The van der Waals surface area contributed by atoms with Gasteiger partial charge < -0.3 is 19.7 Å². The van der Waals surface area contributed by atoms with Crippen molar-refractivity contribution < 1.29 is 29.3 Å². The maximum absolute atomic E-state index is 12.5. The van der Waals surface area contributed by atoms with E-state index in [1.807, 2.05) is 19.9 Å². The molecule has 6 nitrogen and oxygen atoms in total. The lowest BCUT2D eigenvalue weighted by Gasteiger charge is -2.23. The molecule has 30 heavy (non-hydrogen) atoms. The van der Waals surface area contributed by atoms with E-state index in [1.165, 1.54) is 24.1 Å². The van der Waals surface area contributed by atoms with Gasteiger partial charge in [-0.1, -0.05) is 34.9 Å². The van der Waals surface area contributed by atoms with E-state index >= 15 is 0 Å². The standard InChI is InChI=1S/C24H34O6/c1-16(8-6-10-18(3)14-25)7-5-9-17(2)11-12-24-21(28)13-20(15-26)22(23(24)30-24)29-19(4)27/h7,10-11,13,22-23,25-26H,5-6,8-9,12,14-15H2,1-4H3/b16-7+,17-11+,18-10+/t22-,23-,24?/m1/s1. The summed E-state index contributed by atoms with van der Waals surface area (Å²) in [5, 5.41) is 18.5. The summed E-state index contributed by atoms with van der Waals surface area (Å²) >= 11 is 0. The van der Waals surface area contributed by atoms with Crippen LogP contribution >= 0.6 is 0 Å². The van der Waals surface area contributed by atoms with Crippen LogP contribution in [0.5, 0.6) is 0 Å². The van der Waals surface area contributed by atoms with Crippen molar-refractivity contribution in [2.24, 2.45) is 0 Å². The monoisotopic (exact) mass is 418 g/mol. The number of hydrogen-bond acceptors (Lipinski definition) is 6. The molecule has 166 valence electrons. The SMILES string of the molecule is CC(=O)O[C@@H]1C(CO)=CC(=O)C2(C/C=C(\C)CC/C=C(\C)CC/C=C(\C)CO)O[C@H]12. The Bertz CT molecular complexity index is 773. The molecule has 0 aromatic carbocycles. The molecule has 1 heterocycles. The van der Waals surface area contributed by atoms with Gasteiger partial charge in [-0.15, -0.1) is 0 Å². The van der Waals surface area contributed by atoms with Crippen LogP contribution in [0.1, 0.15) is 59.8 Å². The van der Waals surface area contributed by atoms with E-state index in [4.69, 9.17) is 14.6 Å². The van der Waals surface area contributed by atoms with Crippen LogP contribution in [0.2, 0.25) is 0 Å². The van der Waals surface area contributed by atoms with Crippen LogP contribution in [-0.2, 0) is 19.1 Å². The second-order valence-corrected chi connectivity index (χ2v) is 8.29. The van der Waals surface area contributed by atoms with Gasteiger partial charge in [0.2, 0.25) is 0 Å². The van der Waals surface area contributed by atoms with Gasteiger partial charge in [0.15, 0.2) is 17.5 Å². The molecule has 0 spiro atoms. The predicted molar refractivity (Wildman–Crippen MR) is 115 cm³/mol. The molecular weight excluding hydrogens is 384 g/mol. The highest BCUT2D eigenvalue weighted by Crippen LogP contribution is 2.49. The van der Waals surface area contributed by atoms with E-state index in [0.717, 1.165) is 31.3 Å². The first kappa shape index (κ1) is 24.3. The molecule has 1 aliphatic heterocycles. The first-order valence-corrected chi connectivity index (χ1v) is 10.5. The average molecular weight is 419 g/mol. The third-order valence-corrected chi connectivity index (χ3v) is 5.66. The molecule has 0 aromatic rings. The van der Waals surface area contributed by atoms with E-state index in [9.17, 15) is 14.7 Å². The van der Waals surface area contributed by atoms with E-state index in [1.54, 1.807) is 0 Å². The maximum Gasteiger partial charge on any atom is 0.303 e. The first-order valence-electron chi connectivity index (χ1n) is 10.5. The third-order valence-electron chi connectivity index (χ3n) is 5.66. The molecule has 2 N–H and O–H groups in total. The molecule has 2 aliphatic rings. The average Bonchev–Trinajstić information content (AvgIpc) is 3.44. The Kier molecular flexibility index (Phi) is 8.77. The number of carbonyl (C=O) groups excluding carboxylic acids is 2. The van der Waals surface area contributed by atoms with E-state index < -0.39 is 23.8 Å². The minimum atomic E-state index is -0.970. The van der Waals surface area contributed by atoms with Gasteiger partial charge in [0, 0.05) is 18.9 Å². The quantitative estimate of drug-likeness (QED) is 0.303. The van der Waals surface area contributed by atoms with Crippen LogP contribution in [0.4, 0.5) is 0 Å². The molecule has 0 amide bonds. The Labute approximate surface area is 179 Å². The van der Waals surface area contributed by atoms with Crippen LogP contribution in [0.15, 0.2) is 46.6 Å². The molecule has 0 radical (unpaired) electrons. The Morgan fingerprint density at radius 2 is 1.67 bits per heavy atom. The van der Waals surface area contributed by atoms with Gasteiger partial charge in [-0.3, -0.25) is 9.59 Å². The molecule has 1 saturated heterocycles. The number of aliphatic hydroxyl groups excluding tert-OH is 2. The number of carbonyl (C=O) groups is 2. The second-order valence-electron chi connectivity index (χ2n) is 8.29. The van der Waals surface area contributed by atoms with Gasteiger partial charge in [0.05, 0.1) is 13.2 Å². The summed E-state index contributed by atoms with van der Waals surface area (Å²) in [7, 11) is 0. The summed E-state index contributed by atoms with van der Waals surface area (Å²) in [5.74, 6) is -0.639. The Hall–Kier alpha value is -2.02. The van der Waals surface area contributed by atoms with Crippen molar-refractivity contribution in [1.29, 1.82) is 0 Å². The van der Waals surface area contributed by atoms with Crippen LogP contribution < -0.4 is 0 Å². The number of epoxide rings is 1. The topological polar surface area (TPSA) is 96.4 Å². The fraction of sp³-hybridized carbons (Fsp3) is 0.583. The van der Waals surface area contributed by atoms with Crippen molar-refractivity contribution in [2.75, 3.05) is 13.2 Å². The van der Waals surface area contributed by atoms with Gasteiger partial charge in [-0.2, -0.15) is 0 Å². The summed E-state index contributed by atoms with van der Waals surface area (Å²) in [5.41, 5.74) is 2.91. The van der Waals surface area contributed by atoms with Crippen LogP contribution in [0, 0.1) is 0 Å². The number of ketones is 1. The zero-order valence-corrected chi connectivity index (χ0v) is 18.4. The summed E-state index contributed by atoms with van der Waals surface area (Å²) in [6.45, 7) is 7.15. The van der Waals surface area contributed by atoms with Crippen molar-refractivity contribution in [1.82, 2.24) is 0 Å². The zero-order chi connectivity index (χ0) is 22.3. The van der Waals surface area contributed by atoms with Crippen molar-refractivity contribution in [3.8, 4) is 0 Å². The van der Waals surface area contributed by atoms with E-state index in [0.29, 0.717) is 12.0 Å². The lowest BCUT2D eigenvalue weighted by molar-refractivity contribution is -0.146. The highest BCUT2D eigenvalue weighted by atomic mass is 16.7. The summed E-state index contributed by atoms with van der Waals surface area (Å²) in [4.78, 5) is 23.9. The molecular formula is C24H34O6. The molecule has 6 heteroatoms. The van der Waals surface area contributed by atoms with Crippen LogP contribution in [-0.4, -0.2) is 53.0 Å². The minimum Gasteiger partial charge on any atom is -0.455 e. The van der Waals surface area contributed by atoms with Gasteiger partial charge >= 0.3 is 5.97 Å². The van der Waals surface area contributed by atoms with E-state index in [-0.39, 0.29) is 19.0 Å². The molecule has 1 aliphatic carbocycles. The summed E-state index contributed by atoms with van der Waals surface area (Å²) < 4.78 is 11.0. The molecule has 2 rings (SSSR count). The normalized spacial score (nSPS) is 26.9. The fourth-order valence-electron chi connectivity index (χ4n) is 3.67. The Balaban J connectivity index is 1.88. The first-order chi connectivity index (χ1) is 14.2. The highest BCUT2D eigenvalue weighted by molar-refractivity contribution is 6.02. The largest absolute Gasteiger partial charge is 0.455 e. The molecule has 0 aromatic heterocycles. The van der Waals surface area contributed by atoms with Gasteiger partial charge in [0.1, 0.15) is 6.10 Å². The number of aliphatic hydroxyl groups is 2. The molecule has 0 bridgehead atoms. The lowest BCUT2D eigenvalue weighted by atomic mass is 9.83. The maximum atomic E-state index is 12.5. The third kappa shape index (κ3) is 6.24. The molecule has 0 saturated carbocycles. The summed E-state index contributed by atoms with van der Waals surface area (Å²) in [6, 6.07) is 0.